The van der Waals surface area contributed by atoms with Crippen LogP contribution in [0, 0.1) is 0 Å². The van der Waals surface area contributed by atoms with Crippen LogP contribution in [-0.2, 0) is 6.54 Å². The van der Waals surface area contributed by atoms with Gasteiger partial charge < -0.3 is 10.2 Å². The van der Waals surface area contributed by atoms with Crippen molar-refractivity contribution < 1.29 is 4.79 Å². The van der Waals surface area contributed by atoms with E-state index >= 15 is 0 Å². The summed E-state index contributed by atoms with van der Waals surface area (Å²) in [6, 6.07) is 6.92. The van der Waals surface area contributed by atoms with Gasteiger partial charge in [-0.25, -0.2) is 14.6 Å². The van der Waals surface area contributed by atoms with Crippen molar-refractivity contribution in [1.29, 1.82) is 0 Å². The third-order valence-electron chi connectivity index (χ3n) is 4.90. The van der Waals surface area contributed by atoms with Gasteiger partial charge in [0.25, 0.3) is 5.91 Å². The summed E-state index contributed by atoms with van der Waals surface area (Å²) in [4.78, 5) is 24.3. The second kappa shape index (κ2) is 9.22. The average Bonchev–Trinajstić information content (AvgIpc) is 3.37. The highest BCUT2D eigenvalue weighted by molar-refractivity contribution is 7.99. The molecule has 1 amide bonds. The number of aromatic nitrogens is 4. The average molecular weight is 445 g/mol. The molecule has 1 N–H and O–H groups in total. The molecule has 30 heavy (non-hydrogen) atoms. The third kappa shape index (κ3) is 4.70. The number of hydrogen-bond donors (Lipinski definition) is 1. The summed E-state index contributed by atoms with van der Waals surface area (Å²) in [7, 11) is 0. The standard InChI is InChI=1S/C21H25ClN6OS/c1-14(2)30-21-25-18(27-9-3-4-10-27)17-13-24-28(19(17)26-21)11-8-23-20(29)15-6-5-7-16(22)12-15/h5-7,12-14H,3-4,8-11H2,1-2H3,(H,23,29). The maximum absolute atomic E-state index is 12.4. The molecule has 1 aromatic carbocycles. The minimum atomic E-state index is -0.155. The van der Waals surface area contributed by atoms with Gasteiger partial charge in [0.2, 0.25) is 0 Å². The lowest BCUT2D eigenvalue weighted by Crippen LogP contribution is -2.27. The fraction of sp³-hybridized carbons (Fsp3) is 0.429. The molecule has 1 aliphatic heterocycles. The van der Waals surface area contributed by atoms with Crippen LogP contribution in [0.5, 0.6) is 0 Å². The highest BCUT2D eigenvalue weighted by Gasteiger charge is 2.21. The van der Waals surface area contributed by atoms with Gasteiger partial charge >= 0.3 is 0 Å². The minimum absolute atomic E-state index is 0.155. The van der Waals surface area contributed by atoms with Crippen LogP contribution in [0.2, 0.25) is 5.02 Å². The number of thioether (sulfide) groups is 1. The first kappa shape index (κ1) is 20.9. The molecule has 9 heteroatoms. The Balaban J connectivity index is 1.53. The fourth-order valence-corrected chi connectivity index (χ4v) is 4.42. The van der Waals surface area contributed by atoms with Crippen molar-refractivity contribution in [2.45, 2.75) is 43.6 Å². The molecule has 3 aromatic rings. The monoisotopic (exact) mass is 444 g/mol. The molecule has 158 valence electrons. The van der Waals surface area contributed by atoms with Gasteiger partial charge in [-0.1, -0.05) is 43.3 Å². The summed E-state index contributed by atoms with van der Waals surface area (Å²) in [6.45, 7) is 7.26. The predicted octanol–water partition coefficient (Wildman–Crippen LogP) is 4.01. The van der Waals surface area contributed by atoms with Crippen LogP contribution in [0.15, 0.2) is 35.6 Å². The van der Waals surface area contributed by atoms with E-state index in [4.69, 9.17) is 21.6 Å². The number of carbonyl (C=O) groups is 1. The van der Waals surface area contributed by atoms with E-state index < -0.39 is 0 Å². The normalized spacial score (nSPS) is 14.1. The van der Waals surface area contributed by atoms with Crippen LogP contribution in [-0.4, -0.2) is 50.5 Å². The Hall–Kier alpha value is -2.32. The topological polar surface area (TPSA) is 75.9 Å². The summed E-state index contributed by atoms with van der Waals surface area (Å²) in [5.41, 5.74) is 1.36. The molecule has 1 saturated heterocycles. The van der Waals surface area contributed by atoms with E-state index in [0.717, 1.165) is 35.1 Å². The smallest absolute Gasteiger partial charge is 0.251 e. The Labute approximate surface area is 185 Å². The minimum Gasteiger partial charge on any atom is -0.356 e. The molecule has 7 nitrogen and oxygen atoms in total. The maximum atomic E-state index is 12.4. The Bertz CT molecular complexity index is 1050. The highest BCUT2D eigenvalue weighted by atomic mass is 35.5. The van der Waals surface area contributed by atoms with Crippen molar-refractivity contribution in [3.05, 3.63) is 41.0 Å². The molecule has 0 radical (unpaired) electrons. The quantitative estimate of drug-likeness (QED) is 0.438. The number of hydrogen-bond acceptors (Lipinski definition) is 6. The molecule has 0 bridgehead atoms. The number of halogens is 1. The number of benzene rings is 1. The summed E-state index contributed by atoms with van der Waals surface area (Å²) >= 11 is 7.63. The Morgan fingerprint density at radius 2 is 2.07 bits per heavy atom. The highest BCUT2D eigenvalue weighted by Crippen LogP contribution is 2.30. The van der Waals surface area contributed by atoms with Crippen LogP contribution < -0.4 is 10.2 Å². The molecule has 0 atom stereocenters. The molecule has 0 aliphatic carbocycles. The van der Waals surface area contributed by atoms with Crippen LogP contribution in [0.4, 0.5) is 5.82 Å². The first-order chi connectivity index (χ1) is 14.5. The molecular formula is C21H25ClN6OS. The SMILES string of the molecule is CC(C)Sc1nc(N2CCCC2)c2cnn(CCNC(=O)c3cccc(Cl)c3)c2n1. The van der Waals surface area contributed by atoms with E-state index in [0.29, 0.717) is 28.9 Å². The third-order valence-corrected chi connectivity index (χ3v) is 6.00. The zero-order chi connectivity index (χ0) is 21.1. The Morgan fingerprint density at radius 1 is 1.27 bits per heavy atom. The lowest BCUT2D eigenvalue weighted by Gasteiger charge is -2.18. The van der Waals surface area contributed by atoms with Crippen molar-refractivity contribution in [2.24, 2.45) is 0 Å². The van der Waals surface area contributed by atoms with E-state index in [9.17, 15) is 4.79 Å². The summed E-state index contributed by atoms with van der Waals surface area (Å²) in [5.74, 6) is 0.812. The van der Waals surface area contributed by atoms with Gasteiger partial charge in [-0.2, -0.15) is 5.10 Å². The number of anilines is 1. The second-order valence-corrected chi connectivity index (χ2v) is 9.54. The van der Waals surface area contributed by atoms with Crippen LogP contribution in [0.25, 0.3) is 11.0 Å². The van der Waals surface area contributed by atoms with Crippen LogP contribution in [0.1, 0.15) is 37.0 Å². The Kier molecular flexibility index (Phi) is 6.43. The van der Waals surface area contributed by atoms with E-state index in [2.05, 4.69) is 29.2 Å². The number of amides is 1. The molecule has 1 fully saturated rings. The van der Waals surface area contributed by atoms with Crippen molar-refractivity contribution >= 4 is 46.1 Å². The van der Waals surface area contributed by atoms with Gasteiger partial charge in [0, 0.05) is 35.5 Å². The largest absolute Gasteiger partial charge is 0.356 e. The summed E-state index contributed by atoms with van der Waals surface area (Å²) < 4.78 is 1.85. The lowest BCUT2D eigenvalue weighted by molar-refractivity contribution is 0.0952. The molecule has 4 rings (SSSR count). The second-order valence-electron chi connectivity index (χ2n) is 7.56. The molecular weight excluding hydrogens is 420 g/mol. The van der Waals surface area contributed by atoms with Crippen molar-refractivity contribution in [3.63, 3.8) is 0 Å². The lowest BCUT2D eigenvalue weighted by atomic mass is 10.2. The van der Waals surface area contributed by atoms with Gasteiger partial charge in [0.1, 0.15) is 5.82 Å². The van der Waals surface area contributed by atoms with E-state index in [1.54, 1.807) is 36.0 Å². The molecule has 0 unspecified atom stereocenters. The fourth-order valence-electron chi connectivity index (χ4n) is 3.53. The van der Waals surface area contributed by atoms with E-state index in [-0.39, 0.29) is 5.91 Å². The van der Waals surface area contributed by atoms with Gasteiger partial charge in [0.05, 0.1) is 18.1 Å². The summed E-state index contributed by atoms with van der Waals surface area (Å²) in [5, 5.41) is 10.1. The van der Waals surface area contributed by atoms with Crippen LogP contribution >= 0.6 is 23.4 Å². The maximum Gasteiger partial charge on any atom is 0.251 e. The number of fused-ring (bicyclic) bond motifs is 1. The van der Waals surface area contributed by atoms with Crippen LogP contribution in [0.3, 0.4) is 0 Å². The molecule has 3 heterocycles. The molecule has 1 aliphatic rings. The number of carbonyl (C=O) groups excluding carboxylic acids is 1. The number of rotatable bonds is 7. The zero-order valence-electron chi connectivity index (χ0n) is 17.1. The van der Waals surface area contributed by atoms with E-state index in [1.165, 1.54) is 12.8 Å². The van der Waals surface area contributed by atoms with Gasteiger partial charge in [-0.3, -0.25) is 4.79 Å². The van der Waals surface area contributed by atoms with E-state index in [1.807, 2.05) is 10.9 Å². The number of nitrogens with one attached hydrogen (secondary N) is 1. The summed E-state index contributed by atoms with van der Waals surface area (Å²) in [6.07, 6.45) is 4.20. The van der Waals surface area contributed by atoms with Gasteiger partial charge in [-0.05, 0) is 31.0 Å². The molecule has 0 saturated carbocycles. The molecule has 0 spiro atoms. The van der Waals surface area contributed by atoms with Crippen molar-refractivity contribution in [2.75, 3.05) is 24.5 Å². The Morgan fingerprint density at radius 3 is 2.80 bits per heavy atom. The zero-order valence-corrected chi connectivity index (χ0v) is 18.7. The van der Waals surface area contributed by atoms with Gasteiger partial charge in [0.15, 0.2) is 10.8 Å². The van der Waals surface area contributed by atoms with Gasteiger partial charge in [-0.15, -0.1) is 0 Å². The van der Waals surface area contributed by atoms with Crippen molar-refractivity contribution in [3.8, 4) is 0 Å². The molecule has 2 aromatic heterocycles. The first-order valence-corrected chi connectivity index (χ1v) is 11.5. The number of nitrogens with zero attached hydrogens (tertiary/aromatic N) is 5. The predicted molar refractivity (Wildman–Crippen MR) is 122 cm³/mol. The van der Waals surface area contributed by atoms with Crippen molar-refractivity contribution in [1.82, 2.24) is 25.1 Å². The first-order valence-electron chi connectivity index (χ1n) is 10.2.